The van der Waals surface area contributed by atoms with Gasteiger partial charge in [0.1, 0.15) is 11.4 Å². The topological polar surface area (TPSA) is 64.4 Å². The Labute approximate surface area is 127 Å². The fraction of sp³-hybridized carbons (Fsp3) is 0.0588. The van der Waals surface area contributed by atoms with Gasteiger partial charge in [-0.2, -0.15) is 0 Å². The summed E-state index contributed by atoms with van der Waals surface area (Å²) in [7, 11) is 1.57. The summed E-state index contributed by atoms with van der Waals surface area (Å²) in [5.74, 6) is 0.484. The Hall–Kier alpha value is -3.08. The number of nitrogens with one attached hydrogen (secondary N) is 1. The van der Waals surface area contributed by atoms with Crippen LogP contribution in [0.15, 0.2) is 65.4 Å². The van der Waals surface area contributed by atoms with Crippen LogP contribution in [0.3, 0.4) is 0 Å². The summed E-state index contributed by atoms with van der Waals surface area (Å²) < 4.78 is 10.4. The number of methoxy groups -OCH3 is 1. The molecule has 1 heterocycles. The zero-order valence-corrected chi connectivity index (χ0v) is 11.9. The molecule has 0 fully saturated rings. The Balaban J connectivity index is 1.86. The average Bonchev–Trinajstić information content (AvgIpc) is 3.05. The Morgan fingerprint density at radius 3 is 2.73 bits per heavy atom. The molecule has 0 aliphatic rings. The molecule has 3 rings (SSSR count). The van der Waals surface area contributed by atoms with Gasteiger partial charge in [0, 0.05) is 17.3 Å². The maximum atomic E-state index is 12.4. The van der Waals surface area contributed by atoms with Crippen molar-refractivity contribution in [1.29, 1.82) is 0 Å². The molecule has 5 heteroatoms. The van der Waals surface area contributed by atoms with Crippen LogP contribution in [0.4, 0.5) is 5.69 Å². The number of anilines is 1. The second-order valence-corrected chi connectivity index (χ2v) is 4.58. The Morgan fingerprint density at radius 1 is 1.14 bits per heavy atom. The van der Waals surface area contributed by atoms with Crippen molar-refractivity contribution in [1.82, 2.24) is 4.98 Å². The van der Waals surface area contributed by atoms with Gasteiger partial charge in [-0.15, -0.1) is 0 Å². The van der Waals surface area contributed by atoms with Crippen molar-refractivity contribution in [2.75, 3.05) is 12.4 Å². The van der Waals surface area contributed by atoms with E-state index in [-0.39, 0.29) is 11.7 Å². The van der Waals surface area contributed by atoms with E-state index in [0.717, 1.165) is 5.56 Å². The maximum Gasteiger partial charge on any atom is 0.293 e. The highest BCUT2D eigenvalue weighted by atomic mass is 16.5. The summed E-state index contributed by atoms with van der Waals surface area (Å²) in [4.78, 5) is 16.5. The highest BCUT2D eigenvalue weighted by Crippen LogP contribution is 2.23. The fourth-order valence-corrected chi connectivity index (χ4v) is 2.10. The summed E-state index contributed by atoms with van der Waals surface area (Å²) in [6.45, 7) is 0. The first-order valence-corrected chi connectivity index (χ1v) is 6.72. The molecule has 2 aromatic carbocycles. The molecule has 0 saturated carbocycles. The van der Waals surface area contributed by atoms with Gasteiger partial charge in [0.05, 0.1) is 7.11 Å². The number of amides is 1. The molecule has 0 bridgehead atoms. The van der Waals surface area contributed by atoms with Crippen molar-refractivity contribution in [3.8, 4) is 17.0 Å². The number of hydrogen-bond donors (Lipinski definition) is 1. The van der Waals surface area contributed by atoms with Crippen LogP contribution in [0, 0.1) is 0 Å². The molecule has 1 N–H and O–H groups in total. The molecule has 0 radical (unpaired) electrons. The number of carbonyl (C=O) groups is 1. The Morgan fingerprint density at radius 2 is 1.95 bits per heavy atom. The summed E-state index contributed by atoms with van der Waals surface area (Å²) in [6, 6.07) is 16.5. The second-order valence-electron chi connectivity index (χ2n) is 4.58. The quantitative estimate of drug-likeness (QED) is 0.798. The highest BCUT2D eigenvalue weighted by Gasteiger charge is 2.18. The van der Waals surface area contributed by atoms with Crippen LogP contribution < -0.4 is 10.1 Å². The van der Waals surface area contributed by atoms with Crippen LogP contribution in [-0.4, -0.2) is 18.0 Å². The first kappa shape index (κ1) is 13.9. The van der Waals surface area contributed by atoms with E-state index in [4.69, 9.17) is 9.15 Å². The molecule has 0 aliphatic heterocycles. The van der Waals surface area contributed by atoms with Crippen molar-refractivity contribution in [3.63, 3.8) is 0 Å². The zero-order valence-electron chi connectivity index (χ0n) is 11.9. The molecule has 0 aliphatic carbocycles. The van der Waals surface area contributed by atoms with E-state index in [9.17, 15) is 4.79 Å². The lowest BCUT2D eigenvalue weighted by atomic mass is 10.1. The van der Waals surface area contributed by atoms with Gasteiger partial charge in [-0.3, -0.25) is 4.79 Å². The van der Waals surface area contributed by atoms with Gasteiger partial charge in [-0.05, 0) is 12.1 Å². The van der Waals surface area contributed by atoms with Crippen LogP contribution in [0.25, 0.3) is 11.3 Å². The van der Waals surface area contributed by atoms with E-state index in [1.165, 1.54) is 6.39 Å². The normalized spacial score (nSPS) is 10.2. The number of ether oxygens (including phenoxy) is 1. The van der Waals surface area contributed by atoms with Gasteiger partial charge in [-0.25, -0.2) is 4.98 Å². The molecular formula is C17H14N2O3. The predicted molar refractivity (Wildman–Crippen MR) is 82.9 cm³/mol. The molecule has 0 saturated heterocycles. The lowest BCUT2D eigenvalue weighted by Crippen LogP contribution is -2.12. The molecular weight excluding hydrogens is 280 g/mol. The molecule has 0 atom stereocenters. The number of hydrogen-bond acceptors (Lipinski definition) is 4. The summed E-state index contributed by atoms with van der Waals surface area (Å²) in [5, 5.41) is 2.78. The molecule has 110 valence electrons. The van der Waals surface area contributed by atoms with Crippen molar-refractivity contribution >= 4 is 11.6 Å². The third kappa shape index (κ3) is 2.83. The zero-order chi connectivity index (χ0) is 15.4. The van der Waals surface area contributed by atoms with Gasteiger partial charge in [0.25, 0.3) is 5.91 Å². The van der Waals surface area contributed by atoms with Crippen LogP contribution >= 0.6 is 0 Å². The van der Waals surface area contributed by atoms with Gasteiger partial charge >= 0.3 is 0 Å². The highest BCUT2D eigenvalue weighted by molar-refractivity contribution is 6.06. The van der Waals surface area contributed by atoms with Crippen molar-refractivity contribution in [2.24, 2.45) is 0 Å². The second kappa shape index (κ2) is 6.13. The van der Waals surface area contributed by atoms with Crippen molar-refractivity contribution < 1.29 is 13.9 Å². The van der Waals surface area contributed by atoms with E-state index >= 15 is 0 Å². The SMILES string of the molecule is COc1cccc(NC(=O)c2ocnc2-c2ccccc2)c1. The van der Waals surface area contributed by atoms with Gasteiger partial charge in [-0.1, -0.05) is 36.4 Å². The predicted octanol–water partition coefficient (Wildman–Crippen LogP) is 3.60. The lowest BCUT2D eigenvalue weighted by molar-refractivity contribution is 0.0997. The largest absolute Gasteiger partial charge is 0.497 e. The van der Waals surface area contributed by atoms with Gasteiger partial charge in [0.15, 0.2) is 6.39 Å². The van der Waals surface area contributed by atoms with Crippen molar-refractivity contribution in [3.05, 3.63) is 66.8 Å². The smallest absolute Gasteiger partial charge is 0.293 e. The first-order chi connectivity index (χ1) is 10.8. The molecule has 0 spiro atoms. The lowest BCUT2D eigenvalue weighted by Gasteiger charge is -2.06. The minimum absolute atomic E-state index is 0.175. The molecule has 3 aromatic rings. The van der Waals surface area contributed by atoms with Crippen LogP contribution in [0.2, 0.25) is 0 Å². The number of oxazole rings is 1. The minimum Gasteiger partial charge on any atom is -0.497 e. The number of aromatic nitrogens is 1. The van der Waals surface area contributed by atoms with Gasteiger partial charge < -0.3 is 14.5 Å². The number of carbonyl (C=O) groups excluding carboxylic acids is 1. The third-order valence-electron chi connectivity index (χ3n) is 3.15. The fourth-order valence-electron chi connectivity index (χ4n) is 2.10. The maximum absolute atomic E-state index is 12.4. The monoisotopic (exact) mass is 294 g/mol. The number of nitrogens with zero attached hydrogens (tertiary/aromatic N) is 1. The summed E-state index contributed by atoms with van der Waals surface area (Å²) >= 11 is 0. The Bertz CT molecular complexity index is 781. The van der Waals surface area contributed by atoms with Crippen LogP contribution in [0.5, 0.6) is 5.75 Å². The van der Waals surface area contributed by atoms with E-state index in [2.05, 4.69) is 10.3 Å². The van der Waals surface area contributed by atoms with Crippen molar-refractivity contribution in [2.45, 2.75) is 0 Å². The molecule has 1 amide bonds. The summed E-state index contributed by atoms with van der Waals surface area (Å²) in [6.07, 6.45) is 1.27. The molecule has 22 heavy (non-hydrogen) atoms. The van der Waals surface area contributed by atoms with E-state index in [1.54, 1.807) is 31.4 Å². The number of rotatable bonds is 4. The van der Waals surface area contributed by atoms with Crippen LogP contribution in [0.1, 0.15) is 10.6 Å². The first-order valence-electron chi connectivity index (χ1n) is 6.72. The Kier molecular flexibility index (Phi) is 3.87. The average molecular weight is 294 g/mol. The molecule has 0 unspecified atom stereocenters. The van der Waals surface area contributed by atoms with Gasteiger partial charge in [0.2, 0.25) is 5.76 Å². The standard InChI is InChI=1S/C17H14N2O3/c1-21-14-9-5-8-13(10-14)19-17(20)16-15(18-11-22-16)12-6-3-2-4-7-12/h2-11H,1H3,(H,19,20). The third-order valence-corrected chi connectivity index (χ3v) is 3.15. The molecule has 1 aromatic heterocycles. The van der Waals surface area contributed by atoms with E-state index in [1.807, 2.05) is 30.3 Å². The number of benzene rings is 2. The van der Waals surface area contributed by atoms with Crippen LogP contribution in [-0.2, 0) is 0 Å². The summed E-state index contributed by atoms with van der Waals surface area (Å²) in [5.41, 5.74) is 1.97. The van der Waals surface area contributed by atoms with E-state index in [0.29, 0.717) is 17.1 Å². The molecule has 5 nitrogen and oxygen atoms in total. The minimum atomic E-state index is -0.357. The van der Waals surface area contributed by atoms with E-state index < -0.39 is 0 Å².